The Balaban J connectivity index is 1.93. The van der Waals surface area contributed by atoms with E-state index in [0.29, 0.717) is 24.0 Å². The molecule has 1 heterocycles. The van der Waals surface area contributed by atoms with Gasteiger partial charge in [-0.2, -0.15) is 0 Å². The molecule has 5 nitrogen and oxygen atoms in total. The summed E-state index contributed by atoms with van der Waals surface area (Å²) in [5.41, 5.74) is 2.93. The molecule has 0 amide bonds. The zero-order valence-electron chi connectivity index (χ0n) is 14.7. The van der Waals surface area contributed by atoms with E-state index in [1.807, 2.05) is 44.2 Å². The number of esters is 1. The number of nitrogens with zero attached hydrogens (tertiary/aromatic N) is 1. The Kier molecular flexibility index (Phi) is 5.61. The molecule has 6 heteroatoms. The van der Waals surface area contributed by atoms with Crippen LogP contribution in [0.3, 0.4) is 0 Å². The van der Waals surface area contributed by atoms with Gasteiger partial charge in [0.2, 0.25) is 5.90 Å². The molecule has 3 rings (SSSR count). The lowest BCUT2D eigenvalue weighted by Crippen LogP contribution is -2.05. The first kappa shape index (κ1) is 18.4. The minimum atomic E-state index is -0.468. The number of aliphatic imine (C=N–C) groups is 1. The fourth-order valence-electron chi connectivity index (χ4n) is 2.52. The van der Waals surface area contributed by atoms with Gasteiger partial charge in [-0.1, -0.05) is 6.07 Å². The van der Waals surface area contributed by atoms with Gasteiger partial charge in [0, 0.05) is 9.13 Å². The van der Waals surface area contributed by atoms with Crippen LogP contribution in [0.2, 0.25) is 0 Å². The number of rotatable bonds is 5. The van der Waals surface area contributed by atoms with Gasteiger partial charge >= 0.3 is 5.97 Å². The monoisotopic (exact) mass is 463 g/mol. The van der Waals surface area contributed by atoms with Crippen LogP contribution in [-0.4, -0.2) is 25.6 Å². The van der Waals surface area contributed by atoms with Crippen molar-refractivity contribution >= 4 is 40.5 Å². The van der Waals surface area contributed by atoms with Gasteiger partial charge in [0.25, 0.3) is 0 Å². The number of benzene rings is 2. The largest absolute Gasteiger partial charge is 0.493 e. The number of hydrogen-bond donors (Lipinski definition) is 0. The molecule has 0 aromatic heterocycles. The number of hydrogen-bond acceptors (Lipinski definition) is 5. The first-order valence-corrected chi connectivity index (χ1v) is 9.19. The van der Waals surface area contributed by atoms with Crippen molar-refractivity contribution in [2.45, 2.75) is 13.8 Å². The van der Waals surface area contributed by atoms with Gasteiger partial charge in [0.05, 0.1) is 13.7 Å². The van der Waals surface area contributed by atoms with Crippen LogP contribution in [0.5, 0.6) is 11.5 Å². The Hall–Kier alpha value is -2.35. The van der Waals surface area contributed by atoms with E-state index in [1.54, 1.807) is 19.3 Å². The molecule has 0 radical (unpaired) electrons. The summed E-state index contributed by atoms with van der Waals surface area (Å²) in [7, 11) is 1.59. The van der Waals surface area contributed by atoms with Crippen LogP contribution in [0.4, 0.5) is 0 Å². The zero-order chi connectivity index (χ0) is 18.7. The van der Waals surface area contributed by atoms with Crippen molar-refractivity contribution in [2.75, 3.05) is 13.7 Å². The van der Waals surface area contributed by atoms with Gasteiger partial charge in [-0.05, 0) is 84.0 Å². The summed E-state index contributed by atoms with van der Waals surface area (Å²) < 4.78 is 17.3. The Morgan fingerprint density at radius 1 is 1.19 bits per heavy atom. The second-order valence-corrected chi connectivity index (χ2v) is 6.81. The van der Waals surface area contributed by atoms with E-state index >= 15 is 0 Å². The number of ether oxygens (including phenoxy) is 3. The van der Waals surface area contributed by atoms with E-state index in [2.05, 4.69) is 27.6 Å². The molecule has 0 aliphatic carbocycles. The molecule has 2 aromatic rings. The number of carbonyl (C=O) groups is 1. The first-order chi connectivity index (χ1) is 12.5. The number of halogens is 1. The summed E-state index contributed by atoms with van der Waals surface area (Å²) in [5, 5.41) is 0. The lowest BCUT2D eigenvalue weighted by molar-refractivity contribution is -0.129. The van der Waals surface area contributed by atoms with Crippen LogP contribution in [0.1, 0.15) is 23.6 Å². The van der Waals surface area contributed by atoms with Crippen molar-refractivity contribution in [2.24, 2.45) is 4.99 Å². The highest BCUT2D eigenvalue weighted by Gasteiger charge is 2.24. The van der Waals surface area contributed by atoms with E-state index in [4.69, 9.17) is 14.2 Å². The van der Waals surface area contributed by atoms with E-state index in [-0.39, 0.29) is 5.70 Å². The molecule has 0 N–H and O–H groups in total. The van der Waals surface area contributed by atoms with E-state index in [1.165, 1.54) is 0 Å². The molecule has 2 aromatic carbocycles. The van der Waals surface area contributed by atoms with Crippen LogP contribution in [0, 0.1) is 10.5 Å². The highest BCUT2D eigenvalue weighted by Crippen LogP contribution is 2.30. The smallest absolute Gasteiger partial charge is 0.363 e. The molecule has 0 spiro atoms. The lowest BCUT2D eigenvalue weighted by atomic mass is 10.1. The fourth-order valence-corrected chi connectivity index (χ4v) is 2.86. The molecule has 0 saturated heterocycles. The topological polar surface area (TPSA) is 57.1 Å². The average Bonchev–Trinajstić information content (AvgIpc) is 2.98. The standard InChI is InChI=1S/C20H18INO4/c1-4-25-18-11-13(5-8-17(18)24-3)10-16-20(23)26-19(22-16)14-6-7-15(21)12(2)9-14/h5-11H,4H2,1-3H3/b16-10-. The number of cyclic esters (lactones) is 1. The summed E-state index contributed by atoms with van der Waals surface area (Å²) in [6.45, 7) is 4.43. The summed E-state index contributed by atoms with van der Waals surface area (Å²) in [4.78, 5) is 16.5. The molecule has 1 aliphatic heterocycles. The van der Waals surface area contributed by atoms with Gasteiger partial charge in [-0.15, -0.1) is 0 Å². The van der Waals surface area contributed by atoms with Gasteiger partial charge in [-0.3, -0.25) is 0 Å². The molecule has 1 aliphatic rings. The predicted octanol–water partition coefficient (Wildman–Crippen LogP) is 4.35. The number of methoxy groups -OCH3 is 1. The summed E-state index contributed by atoms with van der Waals surface area (Å²) in [5.74, 6) is 1.11. The maximum Gasteiger partial charge on any atom is 0.363 e. The molecule has 26 heavy (non-hydrogen) atoms. The van der Waals surface area contributed by atoms with Gasteiger partial charge < -0.3 is 14.2 Å². The third-order valence-electron chi connectivity index (χ3n) is 3.82. The Labute approximate surface area is 165 Å². The number of carbonyl (C=O) groups excluding carboxylic acids is 1. The summed E-state index contributed by atoms with van der Waals surface area (Å²) >= 11 is 2.26. The van der Waals surface area contributed by atoms with Crippen molar-refractivity contribution in [3.8, 4) is 11.5 Å². The SMILES string of the molecule is CCOc1cc(/C=C2\N=C(c3ccc(I)c(C)c3)OC2=O)ccc1OC. The normalized spacial score (nSPS) is 15.0. The van der Waals surface area contributed by atoms with Crippen molar-refractivity contribution < 1.29 is 19.0 Å². The van der Waals surface area contributed by atoms with Crippen LogP contribution in [-0.2, 0) is 9.53 Å². The Morgan fingerprint density at radius 3 is 2.69 bits per heavy atom. The highest BCUT2D eigenvalue weighted by atomic mass is 127. The number of aryl methyl sites for hydroxylation is 1. The lowest BCUT2D eigenvalue weighted by Gasteiger charge is -2.09. The molecule has 0 atom stereocenters. The van der Waals surface area contributed by atoms with E-state index in [0.717, 1.165) is 20.3 Å². The van der Waals surface area contributed by atoms with Crippen LogP contribution in [0.15, 0.2) is 47.1 Å². The van der Waals surface area contributed by atoms with Crippen molar-refractivity contribution in [1.29, 1.82) is 0 Å². The molecule has 0 saturated carbocycles. The average molecular weight is 463 g/mol. The minimum absolute atomic E-state index is 0.254. The van der Waals surface area contributed by atoms with Crippen molar-refractivity contribution in [3.63, 3.8) is 0 Å². The minimum Gasteiger partial charge on any atom is -0.493 e. The predicted molar refractivity (Wildman–Crippen MR) is 109 cm³/mol. The third-order valence-corrected chi connectivity index (χ3v) is 5.03. The molecular formula is C20H18INO4. The van der Waals surface area contributed by atoms with Gasteiger partial charge in [0.15, 0.2) is 17.2 Å². The third kappa shape index (κ3) is 3.90. The summed E-state index contributed by atoms with van der Waals surface area (Å²) in [6, 6.07) is 11.3. The van der Waals surface area contributed by atoms with E-state index < -0.39 is 5.97 Å². The fraction of sp³-hybridized carbons (Fsp3) is 0.200. The molecule has 134 valence electrons. The van der Waals surface area contributed by atoms with Gasteiger partial charge in [0.1, 0.15) is 0 Å². The highest BCUT2D eigenvalue weighted by molar-refractivity contribution is 14.1. The molecule has 0 fully saturated rings. The maximum absolute atomic E-state index is 12.2. The van der Waals surface area contributed by atoms with Gasteiger partial charge in [-0.25, -0.2) is 9.79 Å². The quantitative estimate of drug-likeness (QED) is 0.376. The summed E-state index contributed by atoms with van der Waals surface area (Å²) in [6.07, 6.45) is 1.68. The first-order valence-electron chi connectivity index (χ1n) is 8.11. The second-order valence-electron chi connectivity index (χ2n) is 5.64. The van der Waals surface area contributed by atoms with Crippen LogP contribution >= 0.6 is 22.6 Å². The molecule has 0 bridgehead atoms. The molecule has 0 unspecified atom stereocenters. The van der Waals surface area contributed by atoms with Crippen LogP contribution in [0.25, 0.3) is 6.08 Å². The Morgan fingerprint density at radius 2 is 2.00 bits per heavy atom. The van der Waals surface area contributed by atoms with Crippen molar-refractivity contribution in [3.05, 3.63) is 62.4 Å². The zero-order valence-corrected chi connectivity index (χ0v) is 16.9. The Bertz CT molecular complexity index is 918. The maximum atomic E-state index is 12.2. The second kappa shape index (κ2) is 7.90. The van der Waals surface area contributed by atoms with Crippen molar-refractivity contribution in [1.82, 2.24) is 0 Å². The van der Waals surface area contributed by atoms with E-state index in [9.17, 15) is 4.79 Å². The van der Waals surface area contributed by atoms with Crippen LogP contribution < -0.4 is 9.47 Å². The molecular weight excluding hydrogens is 445 g/mol.